The lowest BCUT2D eigenvalue weighted by Crippen LogP contribution is -2.44. The van der Waals surface area contributed by atoms with E-state index >= 15 is 8.78 Å². The Labute approximate surface area is 184 Å². The van der Waals surface area contributed by atoms with E-state index in [1.165, 1.54) is 29.3 Å². The summed E-state index contributed by atoms with van der Waals surface area (Å²) >= 11 is 0. The number of fused-ring (bicyclic) bond motifs is 1. The zero-order valence-corrected chi connectivity index (χ0v) is 17.8. The Morgan fingerprint density at radius 2 is 1.81 bits per heavy atom. The standard InChI is InChI=1S/C24H25F3N4O/c1-4-15-9-18(25)20(28)11-21(15)31-12-17(14(3)32)13(2)16-10-19(26)24(22(27)23(16)31)30-7-5-29-6-8-30/h9-12,29,32H,2-8,28H2,1H3. The maximum atomic E-state index is 16.0. The molecule has 1 saturated heterocycles. The van der Waals surface area contributed by atoms with Crippen molar-refractivity contribution in [2.24, 2.45) is 0 Å². The van der Waals surface area contributed by atoms with Crippen LogP contribution < -0.4 is 20.9 Å². The van der Waals surface area contributed by atoms with Gasteiger partial charge < -0.3 is 26.0 Å². The summed E-state index contributed by atoms with van der Waals surface area (Å²) in [6.07, 6.45) is 1.91. The highest BCUT2D eigenvalue weighted by molar-refractivity contribution is 5.96. The molecular weight excluding hydrogens is 417 g/mol. The molecule has 2 aliphatic rings. The molecule has 5 nitrogen and oxygen atoms in total. The molecule has 168 valence electrons. The third kappa shape index (κ3) is 3.50. The molecule has 1 fully saturated rings. The first-order valence-electron chi connectivity index (χ1n) is 10.4. The molecule has 8 heteroatoms. The number of aryl methyl sites for hydroxylation is 1. The van der Waals surface area contributed by atoms with Crippen LogP contribution in [-0.2, 0) is 6.42 Å². The van der Waals surface area contributed by atoms with Gasteiger partial charge in [0.2, 0.25) is 0 Å². The van der Waals surface area contributed by atoms with Crippen molar-refractivity contribution >= 4 is 28.3 Å². The van der Waals surface area contributed by atoms with Crippen molar-refractivity contribution in [3.8, 4) is 0 Å². The molecule has 0 unspecified atom stereocenters. The Balaban J connectivity index is 2.00. The molecule has 0 aromatic heterocycles. The number of allylic oxidation sites excluding steroid dienone is 1. The molecule has 2 heterocycles. The number of anilines is 4. The Morgan fingerprint density at radius 1 is 1.12 bits per heavy atom. The van der Waals surface area contributed by atoms with Crippen molar-refractivity contribution in [2.75, 3.05) is 41.7 Å². The molecule has 0 atom stereocenters. The van der Waals surface area contributed by atoms with Crippen molar-refractivity contribution in [3.05, 3.63) is 77.5 Å². The van der Waals surface area contributed by atoms with Crippen molar-refractivity contribution in [2.45, 2.75) is 13.3 Å². The maximum absolute atomic E-state index is 16.0. The van der Waals surface area contributed by atoms with Crippen molar-refractivity contribution in [1.82, 2.24) is 5.32 Å². The average molecular weight is 442 g/mol. The van der Waals surface area contributed by atoms with E-state index in [0.717, 1.165) is 0 Å². The number of nitrogens with two attached hydrogens (primary N) is 1. The van der Waals surface area contributed by atoms with Crippen LogP contribution in [0.3, 0.4) is 0 Å². The van der Waals surface area contributed by atoms with Gasteiger partial charge in [0, 0.05) is 43.5 Å². The van der Waals surface area contributed by atoms with Crippen molar-refractivity contribution < 1.29 is 18.3 Å². The minimum Gasteiger partial charge on any atom is -0.508 e. The van der Waals surface area contributed by atoms with Gasteiger partial charge in [0.1, 0.15) is 23.1 Å². The number of halogens is 3. The van der Waals surface area contributed by atoms with E-state index in [1.54, 1.807) is 4.90 Å². The molecule has 2 aromatic rings. The van der Waals surface area contributed by atoms with Crippen LogP contribution in [0.4, 0.5) is 35.9 Å². The fraction of sp³-hybridized carbons (Fsp3) is 0.250. The second-order valence-corrected chi connectivity index (χ2v) is 7.85. The monoisotopic (exact) mass is 442 g/mol. The Morgan fingerprint density at radius 3 is 2.44 bits per heavy atom. The molecule has 4 rings (SSSR count). The van der Waals surface area contributed by atoms with Crippen LogP contribution in [-0.4, -0.2) is 31.3 Å². The third-order valence-corrected chi connectivity index (χ3v) is 5.90. The summed E-state index contributed by atoms with van der Waals surface area (Å²) in [5.74, 6) is -2.36. The maximum Gasteiger partial charge on any atom is 0.174 e. The van der Waals surface area contributed by atoms with Crippen LogP contribution in [0.25, 0.3) is 5.57 Å². The summed E-state index contributed by atoms with van der Waals surface area (Å²) in [5.41, 5.74) is 7.29. The van der Waals surface area contributed by atoms with Crippen LogP contribution in [0.1, 0.15) is 18.1 Å². The highest BCUT2D eigenvalue weighted by atomic mass is 19.1. The third-order valence-electron chi connectivity index (χ3n) is 5.90. The number of hydrogen-bond donors (Lipinski definition) is 3. The molecule has 4 N–H and O–H groups in total. The van der Waals surface area contributed by atoms with Crippen LogP contribution in [0.15, 0.2) is 48.9 Å². The molecule has 0 amide bonds. The lowest BCUT2D eigenvalue weighted by Gasteiger charge is -2.35. The van der Waals surface area contributed by atoms with E-state index in [2.05, 4.69) is 18.5 Å². The van der Waals surface area contributed by atoms with Gasteiger partial charge >= 0.3 is 0 Å². The predicted octanol–water partition coefficient (Wildman–Crippen LogP) is 4.78. The predicted molar refractivity (Wildman–Crippen MR) is 123 cm³/mol. The molecule has 0 saturated carbocycles. The van der Waals surface area contributed by atoms with Gasteiger partial charge in [0.05, 0.1) is 17.1 Å². The molecule has 0 bridgehead atoms. The zero-order valence-electron chi connectivity index (χ0n) is 17.8. The number of aliphatic hydroxyl groups is 1. The summed E-state index contributed by atoms with van der Waals surface area (Å²) in [6, 6.07) is 3.93. The number of hydrogen-bond acceptors (Lipinski definition) is 5. The number of rotatable bonds is 4. The van der Waals surface area contributed by atoms with Crippen LogP contribution >= 0.6 is 0 Å². The first-order chi connectivity index (χ1) is 15.2. The Hall–Kier alpha value is -3.39. The topological polar surface area (TPSA) is 64.8 Å². The van der Waals surface area contributed by atoms with Crippen LogP contribution in [0.2, 0.25) is 0 Å². The van der Waals surface area contributed by atoms with E-state index in [1.807, 2.05) is 6.92 Å². The number of piperazine rings is 1. The zero-order chi connectivity index (χ0) is 23.2. The van der Waals surface area contributed by atoms with Gasteiger partial charge in [-0.2, -0.15) is 0 Å². The highest BCUT2D eigenvalue weighted by Crippen LogP contribution is 2.47. The molecule has 32 heavy (non-hydrogen) atoms. The fourth-order valence-electron chi connectivity index (χ4n) is 4.22. The quantitative estimate of drug-likeness (QED) is 0.470. The smallest absolute Gasteiger partial charge is 0.174 e. The normalized spacial score (nSPS) is 16.1. The second-order valence-electron chi connectivity index (χ2n) is 7.85. The first-order valence-corrected chi connectivity index (χ1v) is 10.4. The SMILES string of the molecule is C=C(O)C1=CN(c2cc(N)c(F)cc2CC)c2c(cc(F)c(N3CCNCC3)c2F)C1=C. The Bertz CT molecular complexity index is 1150. The van der Waals surface area contributed by atoms with E-state index in [4.69, 9.17) is 5.73 Å². The fourth-order valence-corrected chi connectivity index (χ4v) is 4.22. The minimum absolute atomic E-state index is 0.0654. The van der Waals surface area contributed by atoms with Gasteiger partial charge in [-0.3, -0.25) is 0 Å². The molecule has 0 radical (unpaired) electrons. The lowest BCUT2D eigenvalue weighted by molar-refractivity contribution is 0.429. The van der Waals surface area contributed by atoms with Crippen molar-refractivity contribution in [1.29, 1.82) is 0 Å². The summed E-state index contributed by atoms with van der Waals surface area (Å²) in [7, 11) is 0. The Kier molecular flexibility index (Phi) is 5.64. The van der Waals surface area contributed by atoms with E-state index < -0.39 is 17.5 Å². The first kappa shape index (κ1) is 21.8. The van der Waals surface area contributed by atoms with E-state index in [0.29, 0.717) is 43.9 Å². The van der Waals surface area contributed by atoms with Crippen LogP contribution in [0, 0.1) is 17.5 Å². The highest BCUT2D eigenvalue weighted by Gasteiger charge is 2.33. The van der Waals surface area contributed by atoms with Gasteiger partial charge in [-0.1, -0.05) is 20.1 Å². The lowest BCUT2D eigenvalue weighted by atomic mass is 9.91. The summed E-state index contributed by atoms with van der Waals surface area (Å²) in [6.45, 7) is 11.4. The van der Waals surface area contributed by atoms with Gasteiger partial charge in [-0.15, -0.1) is 0 Å². The minimum atomic E-state index is -0.758. The number of nitrogens with one attached hydrogen (secondary N) is 1. The summed E-state index contributed by atoms with van der Waals surface area (Å²) in [4.78, 5) is 3.13. The largest absolute Gasteiger partial charge is 0.508 e. The molecule has 0 spiro atoms. The van der Waals surface area contributed by atoms with E-state index in [-0.39, 0.29) is 39.5 Å². The number of nitrogens with zero attached hydrogens (tertiary/aromatic N) is 2. The number of benzene rings is 2. The van der Waals surface area contributed by atoms with E-state index in [9.17, 15) is 9.50 Å². The second kappa shape index (κ2) is 8.27. The molecule has 0 aliphatic carbocycles. The van der Waals surface area contributed by atoms with Crippen LogP contribution in [0.5, 0.6) is 0 Å². The van der Waals surface area contributed by atoms with Gasteiger partial charge in [-0.25, -0.2) is 13.2 Å². The van der Waals surface area contributed by atoms with Crippen molar-refractivity contribution in [3.63, 3.8) is 0 Å². The average Bonchev–Trinajstić information content (AvgIpc) is 2.76. The van der Waals surface area contributed by atoms with Gasteiger partial charge in [-0.05, 0) is 35.8 Å². The number of aliphatic hydroxyl groups excluding tert-OH is 1. The van der Waals surface area contributed by atoms with Gasteiger partial charge in [0.25, 0.3) is 0 Å². The molecule has 2 aliphatic heterocycles. The summed E-state index contributed by atoms with van der Waals surface area (Å²) in [5, 5.41) is 13.3. The summed E-state index contributed by atoms with van der Waals surface area (Å²) < 4.78 is 45.4. The van der Waals surface area contributed by atoms with Gasteiger partial charge in [0.15, 0.2) is 5.82 Å². The molecular formula is C24H25F3N4O. The number of nitrogen functional groups attached to an aromatic ring is 1. The molecule has 2 aromatic carbocycles.